The fourth-order valence-corrected chi connectivity index (χ4v) is 9.70. The van der Waals surface area contributed by atoms with Crippen LogP contribution in [0, 0.1) is 0 Å². The Kier molecular flexibility index (Phi) is 4.61. The fraction of sp³-hybridized carbons (Fsp3) is 0.0323. The van der Waals surface area contributed by atoms with E-state index in [1.807, 2.05) is 0 Å². The number of hydrogen-bond donors (Lipinski definition) is 0. The van der Waals surface area contributed by atoms with Crippen LogP contribution in [0.25, 0.3) is 16.8 Å². The number of allylic oxidation sites excluding steroid dienone is 1. The van der Waals surface area contributed by atoms with Crippen molar-refractivity contribution in [2.75, 3.05) is 4.90 Å². The zero-order valence-electron chi connectivity index (χ0n) is 18.6. The normalized spacial score (nSPS) is 15.8. The Morgan fingerprint density at radius 3 is 2.35 bits per heavy atom. The van der Waals surface area contributed by atoms with Gasteiger partial charge in [-0.15, -0.1) is 0 Å². The lowest BCUT2D eigenvalue weighted by Gasteiger charge is -2.39. The number of halogens is 1. The molecule has 1 nitrogen and oxygen atoms in total. The van der Waals surface area contributed by atoms with Gasteiger partial charge in [-0.1, -0.05) is 106 Å². The Morgan fingerprint density at radius 1 is 0.735 bits per heavy atom. The molecule has 0 amide bonds. The summed E-state index contributed by atoms with van der Waals surface area (Å²) in [5.74, 6) is 0. The van der Waals surface area contributed by atoms with Crippen LogP contribution in [0.2, 0.25) is 0 Å². The second-order valence-corrected chi connectivity index (χ2v) is 12.7. The van der Waals surface area contributed by atoms with Gasteiger partial charge in [0.05, 0.1) is 0 Å². The van der Waals surface area contributed by atoms with Gasteiger partial charge >= 0.3 is 0 Å². The maximum atomic E-state index is 3.77. The summed E-state index contributed by atoms with van der Waals surface area (Å²) in [5.41, 5.74) is 6.70. The minimum Gasteiger partial charge on any atom is -0.311 e. The van der Waals surface area contributed by atoms with Crippen LogP contribution >= 0.6 is 15.9 Å². The number of nitrogens with zero attached hydrogens (tertiary/aromatic N) is 1. The predicted octanol–water partition coefficient (Wildman–Crippen LogP) is 6.20. The largest absolute Gasteiger partial charge is 0.311 e. The maximum absolute atomic E-state index is 3.77. The van der Waals surface area contributed by atoms with E-state index in [0.29, 0.717) is 0 Å². The molecule has 1 aliphatic carbocycles. The first-order chi connectivity index (χ1) is 16.8. The highest BCUT2D eigenvalue weighted by Crippen LogP contribution is 2.41. The lowest BCUT2D eigenvalue weighted by molar-refractivity contribution is 1.26. The zero-order valence-corrected chi connectivity index (χ0v) is 21.3. The molecule has 0 aromatic heterocycles. The zero-order chi connectivity index (χ0) is 22.6. The first kappa shape index (κ1) is 20.0. The molecule has 34 heavy (non-hydrogen) atoms. The molecule has 0 N–H and O–H groups in total. The van der Waals surface area contributed by atoms with Gasteiger partial charge in [-0.25, -0.2) is 0 Å². The average Bonchev–Trinajstić information content (AvgIpc) is 2.89. The van der Waals surface area contributed by atoms with Crippen molar-refractivity contribution >= 4 is 74.2 Å². The molecular formula is C31H22BrNSi. The summed E-state index contributed by atoms with van der Waals surface area (Å²) in [4.78, 5) is 2.49. The van der Waals surface area contributed by atoms with Crippen LogP contribution in [-0.2, 0) is 6.42 Å². The van der Waals surface area contributed by atoms with E-state index in [0.717, 1.165) is 10.9 Å². The van der Waals surface area contributed by atoms with Crippen LogP contribution in [0.3, 0.4) is 0 Å². The molecule has 5 aromatic carbocycles. The van der Waals surface area contributed by atoms with Crippen LogP contribution in [0.1, 0.15) is 11.1 Å². The SMILES string of the molecule is Brc1ccc2c(c1)N(c1ccccc1)c1cc3cccc4c3c(c1[SiH]2c1ccccc1)CC=C4. The summed E-state index contributed by atoms with van der Waals surface area (Å²) in [6, 6.07) is 38.1. The third kappa shape index (κ3) is 2.97. The van der Waals surface area contributed by atoms with Crippen molar-refractivity contribution in [2.24, 2.45) is 0 Å². The molecule has 0 fully saturated rings. The molecule has 1 aliphatic heterocycles. The number of para-hydroxylation sites is 1. The van der Waals surface area contributed by atoms with Gasteiger partial charge in [-0.05, 0) is 69.0 Å². The van der Waals surface area contributed by atoms with Crippen molar-refractivity contribution in [3.8, 4) is 0 Å². The van der Waals surface area contributed by atoms with Crippen LogP contribution < -0.4 is 20.5 Å². The molecule has 0 radical (unpaired) electrons. The highest BCUT2D eigenvalue weighted by atomic mass is 79.9. The second-order valence-electron chi connectivity index (χ2n) is 9.06. The Morgan fingerprint density at radius 2 is 1.53 bits per heavy atom. The number of anilines is 3. The highest BCUT2D eigenvalue weighted by Gasteiger charge is 2.36. The minimum atomic E-state index is -1.71. The molecule has 1 heterocycles. The van der Waals surface area contributed by atoms with E-state index in [9.17, 15) is 0 Å². The molecule has 1 unspecified atom stereocenters. The van der Waals surface area contributed by atoms with Gasteiger partial charge in [-0.3, -0.25) is 0 Å². The summed E-state index contributed by atoms with van der Waals surface area (Å²) in [6.07, 6.45) is 5.63. The monoisotopic (exact) mass is 515 g/mol. The Labute approximate surface area is 209 Å². The van der Waals surface area contributed by atoms with Gasteiger partial charge in [0.15, 0.2) is 0 Å². The van der Waals surface area contributed by atoms with Gasteiger partial charge in [0.25, 0.3) is 0 Å². The molecule has 1 atom stereocenters. The molecule has 0 bridgehead atoms. The average molecular weight is 517 g/mol. The van der Waals surface area contributed by atoms with Gasteiger partial charge in [-0.2, -0.15) is 0 Å². The molecule has 2 aliphatic rings. The Balaban J connectivity index is 1.64. The minimum absolute atomic E-state index is 0.988. The van der Waals surface area contributed by atoms with Crippen LogP contribution in [-0.4, -0.2) is 8.80 Å². The van der Waals surface area contributed by atoms with Crippen molar-refractivity contribution in [3.05, 3.63) is 125 Å². The van der Waals surface area contributed by atoms with Crippen LogP contribution in [0.15, 0.2) is 114 Å². The van der Waals surface area contributed by atoms with E-state index in [4.69, 9.17) is 0 Å². The maximum Gasteiger partial charge on any atom is 0.138 e. The number of hydrogen-bond acceptors (Lipinski definition) is 1. The standard InChI is InChI=1S/C31H22BrNSi/c32-23-17-18-29-27(20-23)33(24-12-3-1-4-13-24)28-19-22-11-7-9-21-10-8-16-26(30(21)22)31(28)34(29)25-14-5-2-6-15-25/h1-15,17-20,34H,16H2. The first-order valence-corrected chi connectivity index (χ1v) is 14.3. The van der Waals surface area contributed by atoms with Crippen molar-refractivity contribution in [3.63, 3.8) is 0 Å². The van der Waals surface area contributed by atoms with E-state index < -0.39 is 8.80 Å². The summed E-state index contributed by atoms with van der Waals surface area (Å²) in [7, 11) is -1.71. The Bertz CT molecular complexity index is 1590. The number of fused-ring (bicyclic) bond motifs is 3. The van der Waals surface area contributed by atoms with Gasteiger partial charge < -0.3 is 4.90 Å². The lowest BCUT2D eigenvalue weighted by atomic mass is 9.92. The summed E-state index contributed by atoms with van der Waals surface area (Å²) < 4.78 is 1.11. The summed E-state index contributed by atoms with van der Waals surface area (Å²) in [5, 5.41) is 7.28. The lowest BCUT2D eigenvalue weighted by Crippen LogP contribution is -2.58. The molecular weight excluding hydrogens is 494 g/mol. The van der Waals surface area contributed by atoms with E-state index >= 15 is 0 Å². The van der Waals surface area contributed by atoms with Crippen molar-refractivity contribution in [1.82, 2.24) is 0 Å². The van der Waals surface area contributed by atoms with Crippen LogP contribution in [0.4, 0.5) is 17.1 Å². The van der Waals surface area contributed by atoms with Crippen LogP contribution in [0.5, 0.6) is 0 Å². The van der Waals surface area contributed by atoms with E-state index in [1.165, 1.54) is 49.3 Å². The topological polar surface area (TPSA) is 3.24 Å². The molecule has 5 aromatic rings. The number of rotatable bonds is 2. The number of benzene rings is 5. The predicted molar refractivity (Wildman–Crippen MR) is 152 cm³/mol. The third-order valence-corrected chi connectivity index (χ3v) is 11.0. The molecule has 0 spiro atoms. The molecule has 0 saturated heterocycles. The van der Waals surface area contributed by atoms with Crippen molar-refractivity contribution in [1.29, 1.82) is 0 Å². The summed E-state index contributed by atoms with van der Waals surface area (Å²) in [6.45, 7) is 0. The molecule has 7 rings (SSSR count). The van der Waals surface area contributed by atoms with E-state index in [-0.39, 0.29) is 0 Å². The van der Waals surface area contributed by atoms with Gasteiger partial charge in [0, 0.05) is 21.5 Å². The van der Waals surface area contributed by atoms with Crippen molar-refractivity contribution < 1.29 is 0 Å². The van der Waals surface area contributed by atoms with E-state index in [1.54, 1.807) is 5.19 Å². The second kappa shape index (κ2) is 7.83. The van der Waals surface area contributed by atoms with E-state index in [2.05, 4.69) is 136 Å². The smallest absolute Gasteiger partial charge is 0.138 e. The molecule has 0 saturated carbocycles. The molecule has 3 heteroatoms. The third-order valence-electron chi connectivity index (χ3n) is 7.16. The summed E-state index contributed by atoms with van der Waals surface area (Å²) >= 11 is 3.77. The molecule has 162 valence electrons. The quantitative estimate of drug-likeness (QED) is 0.248. The van der Waals surface area contributed by atoms with Gasteiger partial charge in [0.1, 0.15) is 8.80 Å². The Hall–Kier alpha value is -3.40. The highest BCUT2D eigenvalue weighted by molar-refractivity contribution is 9.10. The first-order valence-electron chi connectivity index (χ1n) is 11.7. The fourth-order valence-electron chi connectivity index (χ4n) is 5.82. The van der Waals surface area contributed by atoms with Gasteiger partial charge in [0.2, 0.25) is 0 Å². The van der Waals surface area contributed by atoms with Crippen molar-refractivity contribution in [2.45, 2.75) is 6.42 Å².